The van der Waals surface area contributed by atoms with Crippen LogP contribution in [0.4, 0.5) is 4.39 Å². The van der Waals surface area contributed by atoms with Gasteiger partial charge in [0.2, 0.25) is 0 Å². The van der Waals surface area contributed by atoms with Crippen LogP contribution in [0.2, 0.25) is 0 Å². The van der Waals surface area contributed by atoms with Gasteiger partial charge < -0.3 is 5.32 Å². The molecule has 0 saturated heterocycles. The fourth-order valence-corrected chi connectivity index (χ4v) is 4.36. The van der Waals surface area contributed by atoms with Gasteiger partial charge in [0.25, 0.3) is 0 Å². The summed E-state index contributed by atoms with van der Waals surface area (Å²) in [7, 11) is 0. The van der Waals surface area contributed by atoms with E-state index in [1.807, 2.05) is 12.1 Å². The van der Waals surface area contributed by atoms with Crippen LogP contribution in [0.25, 0.3) is 0 Å². The predicted octanol–water partition coefficient (Wildman–Crippen LogP) is 4.80. The monoisotopic (exact) mass is 309 g/mol. The highest BCUT2D eigenvalue weighted by molar-refractivity contribution is 7.99. The van der Waals surface area contributed by atoms with Gasteiger partial charge in [-0.2, -0.15) is 11.8 Å². The largest absolute Gasteiger partial charge is 0.313 e. The van der Waals surface area contributed by atoms with Gasteiger partial charge in [0, 0.05) is 17.0 Å². The molecule has 1 saturated carbocycles. The van der Waals surface area contributed by atoms with E-state index in [1.165, 1.54) is 32.1 Å². The normalized spacial score (nSPS) is 17.8. The van der Waals surface area contributed by atoms with E-state index in [9.17, 15) is 4.39 Å². The van der Waals surface area contributed by atoms with E-state index in [0.29, 0.717) is 6.04 Å². The molecule has 21 heavy (non-hydrogen) atoms. The van der Waals surface area contributed by atoms with Crippen LogP contribution in [-0.2, 0) is 6.42 Å². The Kier molecular flexibility index (Phi) is 7.59. The van der Waals surface area contributed by atoms with E-state index in [1.54, 1.807) is 12.1 Å². The SMILES string of the molecule is CCCNC(CSC1CCCCC1)Cc1ccccc1F. The van der Waals surface area contributed by atoms with Crippen LogP contribution in [0.1, 0.15) is 51.0 Å². The molecule has 1 N–H and O–H groups in total. The van der Waals surface area contributed by atoms with E-state index in [0.717, 1.165) is 36.0 Å². The molecule has 0 heterocycles. The quantitative estimate of drug-likeness (QED) is 0.740. The summed E-state index contributed by atoms with van der Waals surface area (Å²) in [5.74, 6) is 1.03. The molecule has 0 aromatic heterocycles. The number of thioether (sulfide) groups is 1. The highest BCUT2D eigenvalue weighted by Crippen LogP contribution is 2.29. The molecule has 1 aromatic carbocycles. The molecule has 1 atom stereocenters. The van der Waals surface area contributed by atoms with Crippen molar-refractivity contribution in [3.63, 3.8) is 0 Å². The van der Waals surface area contributed by atoms with Crippen LogP contribution in [-0.4, -0.2) is 23.6 Å². The van der Waals surface area contributed by atoms with Gasteiger partial charge in [0.1, 0.15) is 5.82 Å². The average Bonchev–Trinajstić information content (AvgIpc) is 2.53. The van der Waals surface area contributed by atoms with Crippen molar-refractivity contribution in [2.75, 3.05) is 12.3 Å². The Morgan fingerprint density at radius 2 is 2.00 bits per heavy atom. The summed E-state index contributed by atoms with van der Waals surface area (Å²) in [5, 5.41) is 4.42. The first-order chi connectivity index (χ1) is 10.3. The van der Waals surface area contributed by atoms with Crippen molar-refractivity contribution in [1.29, 1.82) is 0 Å². The minimum atomic E-state index is -0.0662. The maximum Gasteiger partial charge on any atom is 0.126 e. The van der Waals surface area contributed by atoms with Crippen molar-refractivity contribution in [3.8, 4) is 0 Å². The fourth-order valence-electron chi connectivity index (χ4n) is 2.95. The van der Waals surface area contributed by atoms with E-state index in [4.69, 9.17) is 0 Å². The van der Waals surface area contributed by atoms with Gasteiger partial charge in [0.15, 0.2) is 0 Å². The average molecular weight is 309 g/mol. The van der Waals surface area contributed by atoms with Crippen LogP contribution in [0.5, 0.6) is 0 Å². The molecule has 0 radical (unpaired) electrons. The molecule has 1 nitrogen and oxygen atoms in total. The van der Waals surface area contributed by atoms with Crippen molar-refractivity contribution >= 4 is 11.8 Å². The molecule has 118 valence electrons. The zero-order valence-corrected chi connectivity index (χ0v) is 13.9. The molecule has 3 heteroatoms. The molecule has 1 aromatic rings. The molecular formula is C18H28FNS. The summed E-state index contributed by atoms with van der Waals surface area (Å²) in [4.78, 5) is 0. The molecule has 1 aliphatic carbocycles. The fraction of sp³-hybridized carbons (Fsp3) is 0.667. The summed E-state index contributed by atoms with van der Waals surface area (Å²) in [6, 6.07) is 7.57. The molecule has 0 aliphatic heterocycles. The molecule has 2 rings (SSSR count). The number of hydrogen-bond donors (Lipinski definition) is 1. The molecule has 1 fully saturated rings. The van der Waals surface area contributed by atoms with E-state index in [2.05, 4.69) is 24.0 Å². The lowest BCUT2D eigenvalue weighted by molar-refractivity contribution is 0.509. The number of nitrogens with one attached hydrogen (secondary N) is 1. The predicted molar refractivity (Wildman–Crippen MR) is 91.5 cm³/mol. The molecular weight excluding hydrogens is 281 g/mol. The second kappa shape index (κ2) is 9.47. The highest BCUT2D eigenvalue weighted by Gasteiger charge is 2.17. The minimum absolute atomic E-state index is 0.0662. The Morgan fingerprint density at radius 1 is 1.24 bits per heavy atom. The Morgan fingerprint density at radius 3 is 2.71 bits per heavy atom. The minimum Gasteiger partial charge on any atom is -0.313 e. The van der Waals surface area contributed by atoms with E-state index < -0.39 is 0 Å². The molecule has 0 spiro atoms. The number of rotatable bonds is 8. The van der Waals surface area contributed by atoms with Gasteiger partial charge in [0.05, 0.1) is 0 Å². The summed E-state index contributed by atoms with van der Waals surface area (Å²) in [6.45, 7) is 3.20. The van der Waals surface area contributed by atoms with Gasteiger partial charge in [-0.1, -0.05) is 44.4 Å². The summed E-state index contributed by atoms with van der Waals surface area (Å²) >= 11 is 2.10. The Hall–Kier alpha value is -0.540. The van der Waals surface area contributed by atoms with Crippen LogP contribution in [0.15, 0.2) is 24.3 Å². The maximum atomic E-state index is 13.8. The van der Waals surface area contributed by atoms with Crippen LogP contribution in [0.3, 0.4) is 0 Å². The van der Waals surface area contributed by atoms with Crippen LogP contribution < -0.4 is 5.32 Å². The Bertz CT molecular complexity index is 404. The molecule has 1 aliphatic rings. The summed E-state index contributed by atoms with van der Waals surface area (Å²) in [5.41, 5.74) is 0.843. The number of benzene rings is 1. The summed E-state index contributed by atoms with van der Waals surface area (Å²) < 4.78 is 13.8. The van der Waals surface area contributed by atoms with Gasteiger partial charge in [-0.25, -0.2) is 4.39 Å². The Balaban J connectivity index is 1.86. The lowest BCUT2D eigenvalue weighted by Gasteiger charge is -2.25. The van der Waals surface area contributed by atoms with E-state index in [-0.39, 0.29) is 5.82 Å². The lowest BCUT2D eigenvalue weighted by Crippen LogP contribution is -2.35. The van der Waals surface area contributed by atoms with Gasteiger partial charge >= 0.3 is 0 Å². The van der Waals surface area contributed by atoms with Crippen molar-refractivity contribution in [2.24, 2.45) is 0 Å². The molecule has 0 bridgehead atoms. The van der Waals surface area contributed by atoms with Crippen LogP contribution >= 0.6 is 11.8 Å². The smallest absolute Gasteiger partial charge is 0.126 e. The third kappa shape index (κ3) is 5.99. The standard InChI is InChI=1S/C18H28FNS/c1-2-12-20-16(13-15-8-6-7-11-18(15)19)14-21-17-9-4-3-5-10-17/h6-8,11,16-17,20H,2-5,9-10,12-14H2,1H3. The third-order valence-electron chi connectivity index (χ3n) is 4.19. The molecule has 0 amide bonds. The van der Waals surface area contributed by atoms with Crippen molar-refractivity contribution in [2.45, 2.75) is 63.2 Å². The van der Waals surface area contributed by atoms with Crippen molar-refractivity contribution in [3.05, 3.63) is 35.6 Å². The second-order valence-electron chi connectivity index (χ2n) is 6.04. The topological polar surface area (TPSA) is 12.0 Å². The third-order valence-corrected chi connectivity index (χ3v) is 5.73. The Labute approximate surface area is 133 Å². The number of halogens is 1. The summed E-state index contributed by atoms with van der Waals surface area (Å²) in [6.07, 6.45) is 8.84. The lowest BCUT2D eigenvalue weighted by atomic mass is 10.0. The zero-order valence-electron chi connectivity index (χ0n) is 13.1. The van der Waals surface area contributed by atoms with Crippen molar-refractivity contribution < 1.29 is 4.39 Å². The highest BCUT2D eigenvalue weighted by atomic mass is 32.2. The van der Waals surface area contributed by atoms with Gasteiger partial charge in [-0.15, -0.1) is 0 Å². The van der Waals surface area contributed by atoms with Gasteiger partial charge in [-0.05, 0) is 43.9 Å². The number of hydrogen-bond acceptors (Lipinski definition) is 2. The first kappa shape index (κ1) is 16.8. The zero-order chi connectivity index (χ0) is 14.9. The van der Waals surface area contributed by atoms with Crippen molar-refractivity contribution in [1.82, 2.24) is 5.32 Å². The van der Waals surface area contributed by atoms with Gasteiger partial charge in [-0.3, -0.25) is 0 Å². The maximum absolute atomic E-state index is 13.8. The second-order valence-corrected chi connectivity index (χ2v) is 7.37. The van der Waals surface area contributed by atoms with E-state index >= 15 is 0 Å². The first-order valence-electron chi connectivity index (χ1n) is 8.38. The molecule has 1 unspecified atom stereocenters. The van der Waals surface area contributed by atoms with Crippen LogP contribution in [0, 0.1) is 5.82 Å². The first-order valence-corrected chi connectivity index (χ1v) is 9.43.